The summed E-state index contributed by atoms with van der Waals surface area (Å²) in [5.41, 5.74) is 12.1. The van der Waals surface area contributed by atoms with Gasteiger partial charge in [-0.3, -0.25) is 0 Å². The van der Waals surface area contributed by atoms with Gasteiger partial charge < -0.3 is 11.5 Å². The monoisotopic (exact) mass is 170 g/mol. The molecule has 2 heteroatoms. The molecule has 0 saturated heterocycles. The van der Waals surface area contributed by atoms with Crippen LogP contribution in [0.2, 0.25) is 0 Å². The molecule has 0 radical (unpaired) electrons. The van der Waals surface area contributed by atoms with Crippen LogP contribution in [-0.4, -0.2) is 6.04 Å². The van der Waals surface area contributed by atoms with Crippen molar-refractivity contribution in [3.63, 3.8) is 0 Å². The lowest BCUT2D eigenvalue weighted by Gasteiger charge is -2.25. The zero-order chi connectivity index (χ0) is 9.56. The Labute approximate surface area is 76.0 Å². The Hall–Kier alpha value is -0.500. The Bertz CT molecular complexity index is 124. The Morgan fingerprint density at radius 3 is 1.92 bits per heavy atom. The van der Waals surface area contributed by atoms with Gasteiger partial charge in [-0.25, -0.2) is 0 Å². The largest absolute Gasteiger partial charge is 0.402 e. The van der Waals surface area contributed by atoms with E-state index in [0.717, 1.165) is 31.4 Å². The van der Waals surface area contributed by atoms with E-state index >= 15 is 0 Å². The zero-order valence-electron chi connectivity index (χ0n) is 8.34. The summed E-state index contributed by atoms with van der Waals surface area (Å²) >= 11 is 0. The van der Waals surface area contributed by atoms with Crippen molar-refractivity contribution in [1.82, 2.24) is 0 Å². The first-order valence-corrected chi connectivity index (χ1v) is 4.90. The molecule has 0 bridgehead atoms. The standard InChI is InChI=1S/C8H16N2.C2H6/c1-6(9)7-2-4-8(10)5-3-7;1-2/h7-8H,1-5,9-10H2;1-2H3. The van der Waals surface area contributed by atoms with Crippen LogP contribution < -0.4 is 11.5 Å². The summed E-state index contributed by atoms with van der Waals surface area (Å²) in [6.07, 6.45) is 4.49. The maximum Gasteiger partial charge on any atom is 0.00392 e. The molecule has 1 rings (SSSR count). The SMILES string of the molecule is C=C(N)C1CCC(N)CC1.CC. The van der Waals surface area contributed by atoms with E-state index in [1.165, 1.54) is 0 Å². The third kappa shape index (κ3) is 3.77. The summed E-state index contributed by atoms with van der Waals surface area (Å²) in [7, 11) is 0. The molecule has 0 aromatic carbocycles. The van der Waals surface area contributed by atoms with E-state index in [2.05, 4.69) is 6.58 Å². The molecule has 1 saturated carbocycles. The van der Waals surface area contributed by atoms with Gasteiger partial charge in [-0.2, -0.15) is 0 Å². The van der Waals surface area contributed by atoms with E-state index in [1.54, 1.807) is 0 Å². The van der Waals surface area contributed by atoms with Crippen LogP contribution in [0.1, 0.15) is 39.5 Å². The normalized spacial score (nSPS) is 28.6. The van der Waals surface area contributed by atoms with Gasteiger partial charge in [-0.15, -0.1) is 0 Å². The van der Waals surface area contributed by atoms with Gasteiger partial charge in [0.2, 0.25) is 0 Å². The maximum atomic E-state index is 5.73. The third-order valence-electron chi connectivity index (χ3n) is 2.30. The summed E-state index contributed by atoms with van der Waals surface area (Å²) in [5.74, 6) is 0.541. The second-order valence-electron chi connectivity index (χ2n) is 3.19. The van der Waals surface area contributed by atoms with Crippen molar-refractivity contribution in [2.75, 3.05) is 0 Å². The van der Waals surface area contributed by atoms with Crippen molar-refractivity contribution in [2.24, 2.45) is 17.4 Å². The molecule has 0 unspecified atom stereocenters. The average Bonchev–Trinajstić information content (AvgIpc) is 2.09. The lowest BCUT2D eigenvalue weighted by molar-refractivity contribution is 0.361. The highest BCUT2D eigenvalue weighted by Gasteiger charge is 2.18. The predicted octanol–water partition coefficient (Wildman–Crippen LogP) is 2.00. The number of hydrogen-bond donors (Lipinski definition) is 2. The van der Waals surface area contributed by atoms with E-state index < -0.39 is 0 Å². The van der Waals surface area contributed by atoms with Crippen LogP contribution in [0, 0.1) is 5.92 Å². The summed E-state index contributed by atoms with van der Waals surface area (Å²) in [5, 5.41) is 0. The predicted molar refractivity (Wildman–Crippen MR) is 54.6 cm³/mol. The van der Waals surface area contributed by atoms with Gasteiger partial charge in [0.05, 0.1) is 0 Å². The van der Waals surface area contributed by atoms with E-state index in [9.17, 15) is 0 Å². The molecular formula is C10H22N2. The fraction of sp³-hybridized carbons (Fsp3) is 0.800. The fourth-order valence-electron chi connectivity index (χ4n) is 1.49. The third-order valence-corrected chi connectivity index (χ3v) is 2.30. The van der Waals surface area contributed by atoms with Crippen LogP contribution >= 0.6 is 0 Å². The van der Waals surface area contributed by atoms with Crippen molar-refractivity contribution < 1.29 is 0 Å². The van der Waals surface area contributed by atoms with Crippen molar-refractivity contribution in [3.8, 4) is 0 Å². The van der Waals surface area contributed by atoms with Gasteiger partial charge >= 0.3 is 0 Å². The van der Waals surface area contributed by atoms with E-state index in [0.29, 0.717) is 12.0 Å². The molecule has 2 nitrogen and oxygen atoms in total. The van der Waals surface area contributed by atoms with Crippen LogP contribution in [-0.2, 0) is 0 Å². The molecule has 72 valence electrons. The minimum absolute atomic E-state index is 0.413. The second-order valence-corrected chi connectivity index (χ2v) is 3.19. The first-order chi connectivity index (χ1) is 5.70. The fourth-order valence-corrected chi connectivity index (χ4v) is 1.49. The van der Waals surface area contributed by atoms with Crippen LogP contribution in [0.3, 0.4) is 0 Å². The van der Waals surface area contributed by atoms with E-state index in [4.69, 9.17) is 11.5 Å². The molecule has 0 heterocycles. The number of rotatable bonds is 1. The molecule has 1 fully saturated rings. The quantitative estimate of drug-likeness (QED) is 0.632. The van der Waals surface area contributed by atoms with Crippen molar-refractivity contribution in [2.45, 2.75) is 45.6 Å². The number of nitrogens with two attached hydrogens (primary N) is 2. The summed E-state index contributed by atoms with van der Waals surface area (Å²) < 4.78 is 0. The Morgan fingerprint density at radius 2 is 1.58 bits per heavy atom. The molecular weight excluding hydrogens is 148 g/mol. The van der Waals surface area contributed by atoms with Gasteiger partial charge in [0.1, 0.15) is 0 Å². The van der Waals surface area contributed by atoms with Gasteiger partial charge in [-0.05, 0) is 31.6 Å². The topological polar surface area (TPSA) is 52.0 Å². The summed E-state index contributed by atoms with van der Waals surface area (Å²) in [6.45, 7) is 7.74. The molecule has 12 heavy (non-hydrogen) atoms. The number of hydrogen-bond acceptors (Lipinski definition) is 2. The first kappa shape index (κ1) is 11.5. The molecule has 0 spiro atoms. The van der Waals surface area contributed by atoms with E-state index in [1.807, 2.05) is 13.8 Å². The number of allylic oxidation sites excluding steroid dienone is 1. The molecule has 0 amide bonds. The highest BCUT2D eigenvalue weighted by Crippen LogP contribution is 2.25. The molecule has 1 aliphatic carbocycles. The average molecular weight is 170 g/mol. The molecule has 0 atom stereocenters. The molecule has 0 aromatic heterocycles. The van der Waals surface area contributed by atoms with Gasteiger partial charge in [-0.1, -0.05) is 20.4 Å². The molecule has 0 aromatic rings. The smallest absolute Gasteiger partial charge is 0.00392 e. The minimum atomic E-state index is 0.413. The Morgan fingerprint density at radius 1 is 1.17 bits per heavy atom. The van der Waals surface area contributed by atoms with Crippen molar-refractivity contribution in [3.05, 3.63) is 12.3 Å². The second kappa shape index (κ2) is 6.06. The van der Waals surface area contributed by atoms with Gasteiger partial charge in [0, 0.05) is 11.7 Å². The Kier molecular flexibility index (Phi) is 5.81. The van der Waals surface area contributed by atoms with Crippen molar-refractivity contribution in [1.29, 1.82) is 0 Å². The lowest BCUT2D eigenvalue weighted by atomic mass is 9.85. The van der Waals surface area contributed by atoms with Crippen LogP contribution in [0.4, 0.5) is 0 Å². The zero-order valence-corrected chi connectivity index (χ0v) is 8.34. The van der Waals surface area contributed by atoms with Crippen LogP contribution in [0.25, 0.3) is 0 Å². The van der Waals surface area contributed by atoms with Crippen molar-refractivity contribution >= 4 is 0 Å². The highest BCUT2D eigenvalue weighted by atomic mass is 14.7. The van der Waals surface area contributed by atoms with Crippen LogP contribution in [0.15, 0.2) is 12.3 Å². The first-order valence-electron chi connectivity index (χ1n) is 4.90. The lowest BCUT2D eigenvalue weighted by Crippen LogP contribution is -2.28. The van der Waals surface area contributed by atoms with Gasteiger partial charge in [0.25, 0.3) is 0 Å². The molecule has 0 aliphatic heterocycles. The van der Waals surface area contributed by atoms with Crippen LogP contribution in [0.5, 0.6) is 0 Å². The summed E-state index contributed by atoms with van der Waals surface area (Å²) in [4.78, 5) is 0. The maximum absolute atomic E-state index is 5.73. The summed E-state index contributed by atoms with van der Waals surface area (Å²) in [6, 6.07) is 0.413. The van der Waals surface area contributed by atoms with E-state index in [-0.39, 0.29) is 0 Å². The molecule has 1 aliphatic rings. The minimum Gasteiger partial charge on any atom is -0.402 e. The van der Waals surface area contributed by atoms with Gasteiger partial charge in [0.15, 0.2) is 0 Å². The Balaban J connectivity index is 0.000000561. The highest BCUT2D eigenvalue weighted by molar-refractivity contribution is 4.96. The molecule has 4 N–H and O–H groups in total.